The van der Waals surface area contributed by atoms with Crippen LogP contribution in [0.2, 0.25) is 0 Å². The fraction of sp³-hybridized carbons (Fsp3) is 1.00. The van der Waals surface area contributed by atoms with Crippen LogP contribution in [0, 0.1) is 5.92 Å². The fourth-order valence-corrected chi connectivity index (χ4v) is 2.74. The molecule has 0 radical (unpaired) electrons. The van der Waals surface area contributed by atoms with Crippen LogP contribution in [0.5, 0.6) is 0 Å². The van der Waals surface area contributed by atoms with Gasteiger partial charge in [0.2, 0.25) is 0 Å². The monoisotopic (exact) mass is 168 g/mol. The molecular formula is C9H16N2O. The highest BCUT2D eigenvalue weighted by Gasteiger charge is 2.50. The van der Waals surface area contributed by atoms with Crippen LogP contribution < -0.4 is 10.6 Å². The van der Waals surface area contributed by atoms with Gasteiger partial charge in [-0.2, -0.15) is 0 Å². The molecule has 2 unspecified atom stereocenters. The molecule has 3 nitrogen and oxygen atoms in total. The molecule has 3 aliphatic heterocycles. The van der Waals surface area contributed by atoms with E-state index in [2.05, 4.69) is 10.6 Å². The molecular weight excluding hydrogens is 152 g/mol. The summed E-state index contributed by atoms with van der Waals surface area (Å²) < 4.78 is 6.09. The molecule has 0 amide bonds. The highest BCUT2D eigenvalue weighted by Crippen LogP contribution is 2.39. The predicted octanol–water partition coefficient (Wildman–Crippen LogP) is -0.273. The van der Waals surface area contributed by atoms with Gasteiger partial charge < -0.3 is 15.4 Å². The van der Waals surface area contributed by atoms with Crippen molar-refractivity contribution >= 4 is 0 Å². The van der Waals surface area contributed by atoms with Gasteiger partial charge in [0.05, 0.1) is 11.7 Å². The zero-order valence-electron chi connectivity index (χ0n) is 7.31. The van der Waals surface area contributed by atoms with Gasteiger partial charge in [-0.15, -0.1) is 0 Å². The van der Waals surface area contributed by atoms with Crippen LogP contribution in [0.4, 0.5) is 0 Å². The van der Waals surface area contributed by atoms with Crippen molar-refractivity contribution in [1.29, 1.82) is 0 Å². The molecule has 0 aromatic heterocycles. The third kappa shape index (κ3) is 0.934. The second-order valence-corrected chi connectivity index (χ2v) is 4.40. The number of rotatable bonds is 0. The van der Waals surface area contributed by atoms with Crippen molar-refractivity contribution < 1.29 is 4.74 Å². The van der Waals surface area contributed by atoms with E-state index < -0.39 is 0 Å². The van der Waals surface area contributed by atoms with Crippen molar-refractivity contribution in [3.8, 4) is 0 Å². The molecule has 0 bridgehead atoms. The van der Waals surface area contributed by atoms with E-state index in [1.54, 1.807) is 0 Å². The molecule has 12 heavy (non-hydrogen) atoms. The maximum absolute atomic E-state index is 6.09. The summed E-state index contributed by atoms with van der Waals surface area (Å²) in [4.78, 5) is 0. The fourth-order valence-electron chi connectivity index (χ4n) is 2.74. The van der Waals surface area contributed by atoms with E-state index in [1.165, 1.54) is 19.4 Å². The molecule has 0 aromatic rings. The number of hydrogen-bond acceptors (Lipinski definition) is 3. The van der Waals surface area contributed by atoms with Crippen molar-refractivity contribution in [3.63, 3.8) is 0 Å². The Bertz CT molecular complexity index is 175. The van der Waals surface area contributed by atoms with Crippen molar-refractivity contribution in [2.45, 2.75) is 24.5 Å². The summed E-state index contributed by atoms with van der Waals surface area (Å²) in [6.45, 7) is 4.48. The summed E-state index contributed by atoms with van der Waals surface area (Å²) in [5.74, 6) is 0.792. The highest BCUT2D eigenvalue weighted by molar-refractivity contribution is 5.04. The van der Waals surface area contributed by atoms with Gasteiger partial charge in [-0.25, -0.2) is 0 Å². The van der Waals surface area contributed by atoms with Crippen LogP contribution in [0.1, 0.15) is 12.8 Å². The minimum Gasteiger partial charge on any atom is -0.369 e. The molecule has 68 valence electrons. The number of ether oxygens (including phenoxy) is 1. The second kappa shape index (κ2) is 2.44. The van der Waals surface area contributed by atoms with Crippen molar-refractivity contribution in [2.75, 3.05) is 26.2 Å². The number of hydrogen-bond donors (Lipinski definition) is 2. The average molecular weight is 168 g/mol. The van der Waals surface area contributed by atoms with E-state index in [0.29, 0.717) is 6.10 Å². The van der Waals surface area contributed by atoms with E-state index in [-0.39, 0.29) is 5.60 Å². The minimum atomic E-state index is 0.251. The van der Waals surface area contributed by atoms with Crippen molar-refractivity contribution in [3.05, 3.63) is 0 Å². The smallest absolute Gasteiger partial charge is 0.0937 e. The summed E-state index contributed by atoms with van der Waals surface area (Å²) in [6, 6.07) is 0. The molecule has 0 aromatic carbocycles. The van der Waals surface area contributed by atoms with E-state index in [4.69, 9.17) is 4.74 Å². The van der Waals surface area contributed by atoms with Gasteiger partial charge in [0.15, 0.2) is 0 Å². The van der Waals surface area contributed by atoms with Gasteiger partial charge in [-0.1, -0.05) is 0 Å². The highest BCUT2D eigenvalue weighted by atomic mass is 16.5. The third-order valence-electron chi connectivity index (χ3n) is 3.47. The summed E-state index contributed by atoms with van der Waals surface area (Å²) in [5.41, 5.74) is 0.251. The summed E-state index contributed by atoms with van der Waals surface area (Å²) in [5, 5.41) is 6.75. The first kappa shape index (κ1) is 7.30. The SMILES string of the molecule is C1CC2OC3(CNC3)CC2CN1. The summed E-state index contributed by atoms with van der Waals surface area (Å²) >= 11 is 0. The standard InChI is InChI=1S/C9H16N2O/c1-2-10-4-7-3-9(5-11-6-9)12-8(1)7/h7-8,10-11H,1-6H2. The van der Waals surface area contributed by atoms with Crippen molar-refractivity contribution in [1.82, 2.24) is 10.6 Å². The molecule has 3 rings (SSSR count). The lowest BCUT2D eigenvalue weighted by molar-refractivity contribution is -0.0797. The first-order valence-corrected chi connectivity index (χ1v) is 4.97. The molecule has 3 heterocycles. The van der Waals surface area contributed by atoms with Crippen LogP contribution in [0.15, 0.2) is 0 Å². The molecule has 2 N–H and O–H groups in total. The summed E-state index contributed by atoms with van der Waals surface area (Å²) in [7, 11) is 0. The molecule has 0 saturated carbocycles. The van der Waals surface area contributed by atoms with E-state index in [1.807, 2.05) is 0 Å². The topological polar surface area (TPSA) is 33.3 Å². The lowest BCUT2D eigenvalue weighted by atomic mass is 9.86. The van der Waals surface area contributed by atoms with Crippen LogP contribution in [0.3, 0.4) is 0 Å². The zero-order chi connectivity index (χ0) is 8.02. The lowest BCUT2D eigenvalue weighted by Crippen LogP contribution is -2.59. The minimum absolute atomic E-state index is 0.251. The van der Waals surface area contributed by atoms with Crippen LogP contribution in [0.25, 0.3) is 0 Å². The Hall–Kier alpha value is -0.120. The molecule has 3 saturated heterocycles. The number of nitrogens with one attached hydrogen (secondary N) is 2. The van der Waals surface area contributed by atoms with Gasteiger partial charge in [-0.05, 0) is 19.4 Å². The Morgan fingerprint density at radius 3 is 2.83 bits per heavy atom. The Balaban J connectivity index is 1.74. The van der Waals surface area contributed by atoms with E-state index in [9.17, 15) is 0 Å². The molecule has 0 aliphatic carbocycles. The Morgan fingerprint density at radius 2 is 2.17 bits per heavy atom. The number of fused-ring (bicyclic) bond motifs is 1. The molecule has 3 fully saturated rings. The van der Waals surface area contributed by atoms with Gasteiger partial charge in [0.1, 0.15) is 0 Å². The largest absolute Gasteiger partial charge is 0.369 e. The van der Waals surface area contributed by atoms with Crippen LogP contribution >= 0.6 is 0 Å². The number of piperidine rings is 1. The van der Waals surface area contributed by atoms with E-state index >= 15 is 0 Å². The normalized spacial score (nSPS) is 44.0. The lowest BCUT2D eigenvalue weighted by Gasteiger charge is -2.38. The zero-order valence-corrected chi connectivity index (χ0v) is 7.31. The third-order valence-corrected chi connectivity index (χ3v) is 3.47. The maximum Gasteiger partial charge on any atom is 0.0937 e. The van der Waals surface area contributed by atoms with Gasteiger partial charge in [-0.3, -0.25) is 0 Å². The van der Waals surface area contributed by atoms with Gasteiger partial charge in [0.25, 0.3) is 0 Å². The van der Waals surface area contributed by atoms with Gasteiger partial charge >= 0.3 is 0 Å². The Labute approximate surface area is 72.9 Å². The predicted molar refractivity (Wildman–Crippen MR) is 46.1 cm³/mol. The molecule has 3 heteroatoms. The molecule has 2 atom stereocenters. The van der Waals surface area contributed by atoms with E-state index in [0.717, 1.165) is 25.6 Å². The average Bonchev–Trinajstić information content (AvgIpc) is 2.42. The maximum atomic E-state index is 6.09. The first-order chi connectivity index (χ1) is 5.88. The van der Waals surface area contributed by atoms with Gasteiger partial charge in [0, 0.05) is 25.6 Å². The Kier molecular flexibility index (Phi) is 1.48. The first-order valence-electron chi connectivity index (χ1n) is 4.97. The molecule has 3 aliphatic rings. The van der Waals surface area contributed by atoms with Crippen molar-refractivity contribution in [2.24, 2.45) is 5.92 Å². The second-order valence-electron chi connectivity index (χ2n) is 4.40. The molecule has 1 spiro atoms. The van der Waals surface area contributed by atoms with Crippen LogP contribution in [-0.2, 0) is 4.74 Å². The van der Waals surface area contributed by atoms with Crippen LogP contribution in [-0.4, -0.2) is 37.9 Å². The Morgan fingerprint density at radius 1 is 1.25 bits per heavy atom. The quantitative estimate of drug-likeness (QED) is 0.522. The summed E-state index contributed by atoms with van der Waals surface area (Å²) in [6.07, 6.45) is 3.05.